The number of rotatable bonds is 5. The molecule has 1 aromatic carbocycles. The Morgan fingerprint density at radius 1 is 1.47 bits per heavy atom. The van der Waals surface area contributed by atoms with Crippen LogP contribution in [0.5, 0.6) is 0 Å². The van der Waals surface area contributed by atoms with Crippen molar-refractivity contribution in [2.45, 2.75) is 19.8 Å². The molecule has 2 N–H and O–H groups in total. The van der Waals surface area contributed by atoms with E-state index in [1.807, 2.05) is 19.1 Å². The van der Waals surface area contributed by atoms with Gasteiger partial charge in [-0.3, -0.25) is 4.79 Å². The molecule has 0 spiro atoms. The number of aryl methyl sites for hydroxylation is 1. The Bertz CT molecular complexity index is 416. The predicted molar refractivity (Wildman–Crippen MR) is 70.4 cm³/mol. The first-order chi connectivity index (χ1) is 8.15. The third-order valence-corrected chi connectivity index (χ3v) is 3.12. The number of benzene rings is 1. The fourth-order valence-corrected chi connectivity index (χ4v) is 1.81. The molecule has 1 aromatic rings. The Morgan fingerprint density at radius 3 is 2.94 bits per heavy atom. The largest absolute Gasteiger partial charge is 0.325 e. The lowest BCUT2D eigenvalue weighted by Crippen LogP contribution is -2.29. The highest BCUT2D eigenvalue weighted by atomic mass is 35.5. The summed E-state index contributed by atoms with van der Waals surface area (Å²) in [6.07, 6.45) is 2.59. The van der Waals surface area contributed by atoms with Gasteiger partial charge in [-0.2, -0.15) is 0 Å². The number of anilines is 1. The van der Waals surface area contributed by atoms with Crippen LogP contribution in [0.15, 0.2) is 18.2 Å². The van der Waals surface area contributed by atoms with Gasteiger partial charge in [0.15, 0.2) is 0 Å². The molecule has 3 nitrogen and oxygen atoms in total. The Morgan fingerprint density at radius 2 is 2.24 bits per heavy atom. The van der Waals surface area contributed by atoms with Crippen LogP contribution in [0.4, 0.5) is 5.69 Å². The molecule has 1 amide bonds. The molecule has 0 saturated heterocycles. The maximum atomic E-state index is 11.7. The van der Waals surface area contributed by atoms with Gasteiger partial charge in [-0.05, 0) is 49.9 Å². The first kappa shape index (κ1) is 12.4. The minimum Gasteiger partial charge on any atom is -0.325 e. The lowest BCUT2D eigenvalue weighted by molar-refractivity contribution is -0.115. The Labute approximate surface area is 107 Å². The van der Waals surface area contributed by atoms with E-state index in [1.165, 1.54) is 12.8 Å². The molecule has 0 unspecified atom stereocenters. The van der Waals surface area contributed by atoms with Crippen molar-refractivity contribution in [1.82, 2.24) is 5.32 Å². The van der Waals surface area contributed by atoms with Crippen molar-refractivity contribution in [2.24, 2.45) is 5.92 Å². The topological polar surface area (TPSA) is 41.1 Å². The average molecular weight is 253 g/mol. The summed E-state index contributed by atoms with van der Waals surface area (Å²) in [4.78, 5) is 11.7. The van der Waals surface area contributed by atoms with Gasteiger partial charge in [-0.15, -0.1) is 0 Å². The standard InChI is InChI=1S/C13H17ClN2O/c1-9-2-5-11(14)6-12(9)16-13(17)8-15-7-10-3-4-10/h2,5-6,10,15H,3-4,7-8H2,1H3,(H,16,17). The predicted octanol–water partition coefficient (Wildman–Crippen LogP) is 2.59. The van der Waals surface area contributed by atoms with E-state index < -0.39 is 0 Å². The van der Waals surface area contributed by atoms with Gasteiger partial charge in [0.05, 0.1) is 6.54 Å². The second kappa shape index (κ2) is 5.52. The highest BCUT2D eigenvalue weighted by molar-refractivity contribution is 6.31. The lowest BCUT2D eigenvalue weighted by Gasteiger charge is -2.09. The third-order valence-electron chi connectivity index (χ3n) is 2.89. The number of carbonyl (C=O) groups excluding carboxylic acids is 1. The lowest BCUT2D eigenvalue weighted by atomic mass is 10.2. The zero-order valence-corrected chi connectivity index (χ0v) is 10.7. The summed E-state index contributed by atoms with van der Waals surface area (Å²) in [5.41, 5.74) is 1.81. The summed E-state index contributed by atoms with van der Waals surface area (Å²) < 4.78 is 0. The first-order valence-electron chi connectivity index (χ1n) is 5.92. The van der Waals surface area contributed by atoms with Crippen molar-refractivity contribution in [2.75, 3.05) is 18.4 Å². The molecule has 4 heteroatoms. The highest BCUT2D eigenvalue weighted by Gasteiger charge is 2.20. The van der Waals surface area contributed by atoms with E-state index in [-0.39, 0.29) is 5.91 Å². The molecule has 17 heavy (non-hydrogen) atoms. The van der Waals surface area contributed by atoms with E-state index in [2.05, 4.69) is 10.6 Å². The third kappa shape index (κ3) is 4.02. The molecule has 1 aliphatic rings. The van der Waals surface area contributed by atoms with Gasteiger partial charge in [0.2, 0.25) is 5.91 Å². The zero-order chi connectivity index (χ0) is 12.3. The van der Waals surface area contributed by atoms with Crippen molar-refractivity contribution >= 4 is 23.2 Å². The van der Waals surface area contributed by atoms with Gasteiger partial charge in [-0.25, -0.2) is 0 Å². The van der Waals surface area contributed by atoms with Crippen LogP contribution >= 0.6 is 11.6 Å². The van der Waals surface area contributed by atoms with Crippen LogP contribution in [-0.4, -0.2) is 19.0 Å². The number of nitrogens with one attached hydrogen (secondary N) is 2. The fourth-order valence-electron chi connectivity index (χ4n) is 1.64. The van der Waals surface area contributed by atoms with E-state index in [9.17, 15) is 4.79 Å². The van der Waals surface area contributed by atoms with Gasteiger partial charge in [-0.1, -0.05) is 17.7 Å². The molecular formula is C13H17ClN2O. The van der Waals surface area contributed by atoms with Crippen molar-refractivity contribution in [3.05, 3.63) is 28.8 Å². The van der Waals surface area contributed by atoms with Crippen molar-refractivity contribution in [3.8, 4) is 0 Å². The molecule has 0 bridgehead atoms. The molecule has 2 rings (SSSR count). The molecule has 0 aromatic heterocycles. The maximum absolute atomic E-state index is 11.7. The van der Waals surface area contributed by atoms with Crippen LogP contribution in [0.25, 0.3) is 0 Å². The van der Waals surface area contributed by atoms with Crippen LogP contribution in [0.3, 0.4) is 0 Å². The van der Waals surface area contributed by atoms with Gasteiger partial charge >= 0.3 is 0 Å². The van der Waals surface area contributed by atoms with E-state index in [0.717, 1.165) is 23.7 Å². The molecule has 0 atom stereocenters. The van der Waals surface area contributed by atoms with Gasteiger partial charge in [0.25, 0.3) is 0 Å². The summed E-state index contributed by atoms with van der Waals surface area (Å²) in [5.74, 6) is 0.770. The summed E-state index contributed by atoms with van der Waals surface area (Å²) in [6.45, 7) is 3.26. The molecule has 1 aliphatic carbocycles. The quantitative estimate of drug-likeness (QED) is 0.846. The SMILES string of the molecule is Cc1ccc(Cl)cc1NC(=O)CNCC1CC1. The van der Waals surface area contributed by atoms with E-state index >= 15 is 0 Å². The Hall–Kier alpha value is -1.06. The first-order valence-corrected chi connectivity index (χ1v) is 6.29. The summed E-state index contributed by atoms with van der Waals surface area (Å²) >= 11 is 5.89. The van der Waals surface area contributed by atoms with Crippen LogP contribution in [0.2, 0.25) is 5.02 Å². The zero-order valence-electron chi connectivity index (χ0n) is 9.92. The molecular weight excluding hydrogens is 236 g/mol. The summed E-state index contributed by atoms with van der Waals surface area (Å²) in [6, 6.07) is 5.49. The molecule has 0 aliphatic heterocycles. The van der Waals surface area contributed by atoms with Gasteiger partial charge < -0.3 is 10.6 Å². The second-order valence-corrected chi connectivity index (χ2v) is 5.02. The average Bonchev–Trinajstić information content (AvgIpc) is 3.07. The Kier molecular flexibility index (Phi) is 4.02. The minimum absolute atomic E-state index is 0.0176. The van der Waals surface area contributed by atoms with E-state index in [0.29, 0.717) is 11.6 Å². The van der Waals surface area contributed by atoms with E-state index in [4.69, 9.17) is 11.6 Å². The molecule has 0 heterocycles. The Balaban J connectivity index is 1.81. The monoisotopic (exact) mass is 252 g/mol. The highest BCUT2D eigenvalue weighted by Crippen LogP contribution is 2.27. The smallest absolute Gasteiger partial charge is 0.238 e. The number of hydrogen-bond acceptors (Lipinski definition) is 2. The second-order valence-electron chi connectivity index (χ2n) is 4.58. The van der Waals surface area contributed by atoms with Crippen LogP contribution in [-0.2, 0) is 4.79 Å². The minimum atomic E-state index is -0.0176. The summed E-state index contributed by atoms with van der Waals surface area (Å²) in [5, 5.41) is 6.65. The van der Waals surface area contributed by atoms with Crippen LogP contribution < -0.4 is 10.6 Å². The number of halogens is 1. The van der Waals surface area contributed by atoms with Crippen molar-refractivity contribution < 1.29 is 4.79 Å². The van der Waals surface area contributed by atoms with Gasteiger partial charge in [0.1, 0.15) is 0 Å². The number of hydrogen-bond donors (Lipinski definition) is 2. The van der Waals surface area contributed by atoms with Crippen molar-refractivity contribution in [1.29, 1.82) is 0 Å². The molecule has 1 fully saturated rings. The maximum Gasteiger partial charge on any atom is 0.238 e. The van der Waals surface area contributed by atoms with Crippen LogP contribution in [0.1, 0.15) is 18.4 Å². The number of amides is 1. The van der Waals surface area contributed by atoms with Crippen LogP contribution in [0, 0.1) is 12.8 Å². The van der Waals surface area contributed by atoms with Crippen molar-refractivity contribution in [3.63, 3.8) is 0 Å². The normalized spacial score (nSPS) is 14.7. The summed E-state index contributed by atoms with van der Waals surface area (Å²) in [7, 11) is 0. The molecule has 0 radical (unpaired) electrons. The molecule has 92 valence electrons. The molecule has 1 saturated carbocycles. The number of carbonyl (C=O) groups is 1. The van der Waals surface area contributed by atoms with E-state index in [1.54, 1.807) is 6.07 Å². The fraction of sp³-hybridized carbons (Fsp3) is 0.462. The van der Waals surface area contributed by atoms with Gasteiger partial charge in [0, 0.05) is 10.7 Å².